The molecular formula is C45H46F2N8O6. The van der Waals surface area contributed by atoms with E-state index in [-0.39, 0.29) is 28.8 Å². The Morgan fingerprint density at radius 3 is 2.21 bits per heavy atom. The van der Waals surface area contributed by atoms with Gasteiger partial charge in [-0.25, -0.2) is 28.3 Å². The lowest BCUT2D eigenvalue weighted by Gasteiger charge is -2.30. The molecule has 3 aliphatic rings. The molecule has 0 unspecified atom stereocenters. The number of hydrogen-bond acceptors (Lipinski definition) is 8. The van der Waals surface area contributed by atoms with Crippen molar-refractivity contribution in [2.45, 2.75) is 70.1 Å². The second kappa shape index (κ2) is 16.7. The zero-order chi connectivity index (χ0) is 43.0. The van der Waals surface area contributed by atoms with Crippen molar-refractivity contribution in [2.75, 3.05) is 27.3 Å². The molecule has 4 amide bonds. The Morgan fingerprint density at radius 2 is 1.52 bits per heavy atom. The van der Waals surface area contributed by atoms with E-state index in [0.717, 1.165) is 71.9 Å². The Balaban J connectivity index is 0.953. The lowest BCUT2D eigenvalue weighted by Crippen LogP contribution is -2.51. The topological polar surface area (TPSA) is 175 Å². The predicted octanol–water partition coefficient (Wildman–Crippen LogP) is 6.83. The van der Waals surface area contributed by atoms with Gasteiger partial charge in [0.1, 0.15) is 35.4 Å². The van der Waals surface area contributed by atoms with Gasteiger partial charge in [-0.15, -0.1) is 0 Å². The Kier molecular flexibility index (Phi) is 11.2. The predicted molar refractivity (Wildman–Crippen MR) is 219 cm³/mol. The van der Waals surface area contributed by atoms with Gasteiger partial charge in [0.05, 0.1) is 49.2 Å². The monoisotopic (exact) mass is 832 g/mol. The molecule has 16 heteroatoms. The van der Waals surface area contributed by atoms with Crippen molar-refractivity contribution in [2.24, 2.45) is 11.3 Å². The maximum absolute atomic E-state index is 14.2. The van der Waals surface area contributed by atoms with Gasteiger partial charge in [0.15, 0.2) is 0 Å². The smallest absolute Gasteiger partial charge is 0.407 e. The minimum Gasteiger partial charge on any atom is -0.453 e. The first kappa shape index (κ1) is 41.0. The van der Waals surface area contributed by atoms with Crippen molar-refractivity contribution in [1.29, 1.82) is 0 Å². The van der Waals surface area contributed by atoms with Crippen molar-refractivity contribution in [3.05, 3.63) is 107 Å². The number of hydrogen-bond donors (Lipinski definition) is 4. The number of amides is 4. The Labute approximate surface area is 350 Å². The summed E-state index contributed by atoms with van der Waals surface area (Å²) in [6.45, 7) is 4.78. The third kappa shape index (κ3) is 8.63. The molecule has 8 rings (SSSR count). The van der Waals surface area contributed by atoms with Crippen molar-refractivity contribution < 1.29 is 37.4 Å². The Bertz CT molecular complexity index is 2540. The highest BCUT2D eigenvalue weighted by molar-refractivity contribution is 5.88. The van der Waals surface area contributed by atoms with Gasteiger partial charge in [0.2, 0.25) is 5.91 Å². The number of ether oxygens (including phenoxy) is 2. The van der Waals surface area contributed by atoms with Crippen molar-refractivity contribution in [3.8, 4) is 23.1 Å². The number of alkyl carbamates (subject to hydrolysis) is 2. The number of nitrogens with zero attached hydrogens (tertiary/aromatic N) is 4. The van der Waals surface area contributed by atoms with Gasteiger partial charge < -0.3 is 39.9 Å². The number of carbonyl (C=O) groups is 4. The van der Waals surface area contributed by atoms with Crippen LogP contribution in [0.5, 0.6) is 0 Å². The van der Waals surface area contributed by atoms with Gasteiger partial charge >= 0.3 is 12.2 Å². The molecule has 0 bridgehead atoms. The van der Waals surface area contributed by atoms with Crippen molar-refractivity contribution >= 4 is 35.0 Å². The molecule has 1 aliphatic carbocycles. The van der Waals surface area contributed by atoms with E-state index < -0.39 is 47.9 Å². The quantitative estimate of drug-likeness (QED) is 0.117. The standard InChI is InChI=1S/C45H46F2N8O6/c1-25(2)37(52-43(58)60-3)41(56)55-24-45(15-16-45)22-36(55)40-49-32-14-11-27(18-33(32)50-40)8-7-26-9-12-28(13-10-26)34-23-48-39(51-34)35-6-5-17-54(35)42(57)38(53-44(59)61-4)29-19-30(46)21-31(47)20-29/h9-14,18-21,23,25,35-38H,5-6,15-17,22,24H2,1-4H3,(H,48,51)(H,49,50)(H,52,58)(H,53,59)/t35-,36-,37-,38-/m0/s1. The maximum Gasteiger partial charge on any atom is 0.407 e. The van der Waals surface area contributed by atoms with Crippen LogP contribution in [0.25, 0.3) is 22.3 Å². The molecule has 5 aromatic rings. The second-order valence-electron chi connectivity index (χ2n) is 16.4. The lowest BCUT2D eigenvalue weighted by atomic mass is 10.0. The number of aromatic nitrogens is 4. The molecule has 3 aromatic carbocycles. The normalized spacial score (nSPS) is 18.7. The molecule has 4 atom stereocenters. The first-order valence-corrected chi connectivity index (χ1v) is 20.3. The SMILES string of the molecule is COC(=O)N[C@H](C(=O)N1CCC[C@H]1c1ncc(-c2ccc(C#Cc3ccc4nc([C@@H]5CC6(CC6)CN5C(=O)[C@@H](NC(=O)OC)C(C)C)[nH]c4c3)cc2)[nH]1)c1cc(F)cc(F)c1. The number of carbonyl (C=O) groups excluding carboxylic acids is 4. The summed E-state index contributed by atoms with van der Waals surface area (Å²) in [4.78, 5) is 71.7. The average molecular weight is 833 g/mol. The molecule has 14 nitrogen and oxygen atoms in total. The van der Waals surface area contributed by atoms with Crippen molar-refractivity contribution in [3.63, 3.8) is 0 Å². The molecule has 3 fully saturated rings. The highest BCUT2D eigenvalue weighted by Crippen LogP contribution is 2.58. The zero-order valence-corrected chi connectivity index (χ0v) is 34.2. The highest BCUT2D eigenvalue weighted by Gasteiger charge is 2.55. The summed E-state index contributed by atoms with van der Waals surface area (Å²) in [6.07, 6.45) is 4.30. The number of rotatable bonds is 9. The van der Waals surface area contributed by atoms with Gasteiger partial charge in [0, 0.05) is 30.3 Å². The number of fused-ring (bicyclic) bond motifs is 1. The fraction of sp³-hybridized carbons (Fsp3) is 0.378. The number of nitrogens with one attached hydrogen (secondary N) is 4. The largest absolute Gasteiger partial charge is 0.453 e. The van der Waals surface area contributed by atoms with Crippen LogP contribution in [0.4, 0.5) is 18.4 Å². The van der Waals surface area contributed by atoms with Crippen LogP contribution >= 0.6 is 0 Å². The Hall–Kier alpha value is -6.76. The lowest BCUT2D eigenvalue weighted by molar-refractivity contribution is -0.136. The molecule has 316 valence electrons. The first-order chi connectivity index (χ1) is 29.3. The van der Waals surface area contributed by atoms with Crippen LogP contribution in [0.15, 0.2) is 66.9 Å². The van der Waals surface area contributed by atoms with Crippen LogP contribution in [-0.4, -0.2) is 87.1 Å². The first-order valence-electron chi connectivity index (χ1n) is 20.3. The fourth-order valence-electron chi connectivity index (χ4n) is 8.43. The van der Waals surface area contributed by atoms with Crippen LogP contribution < -0.4 is 10.6 Å². The van der Waals surface area contributed by atoms with Gasteiger partial charge in [-0.1, -0.05) is 37.8 Å². The summed E-state index contributed by atoms with van der Waals surface area (Å²) in [5.74, 6) is 5.15. The number of aromatic amines is 2. The van der Waals surface area contributed by atoms with Crippen LogP contribution in [0, 0.1) is 34.8 Å². The minimum absolute atomic E-state index is 0.0436. The van der Waals surface area contributed by atoms with E-state index in [0.29, 0.717) is 43.6 Å². The van der Waals surface area contributed by atoms with Crippen LogP contribution in [-0.2, 0) is 19.1 Å². The van der Waals surface area contributed by atoms with Crippen LogP contribution in [0.2, 0.25) is 0 Å². The van der Waals surface area contributed by atoms with Crippen LogP contribution in [0.3, 0.4) is 0 Å². The van der Waals surface area contributed by atoms with E-state index >= 15 is 0 Å². The van der Waals surface area contributed by atoms with Crippen molar-refractivity contribution in [1.82, 2.24) is 40.4 Å². The number of imidazole rings is 2. The maximum atomic E-state index is 14.2. The van der Waals surface area contributed by atoms with E-state index in [9.17, 15) is 28.0 Å². The number of methoxy groups -OCH3 is 2. The molecule has 2 aliphatic heterocycles. The number of likely N-dealkylation sites (tertiary alicyclic amines) is 2. The second-order valence-corrected chi connectivity index (χ2v) is 16.4. The third-order valence-electron chi connectivity index (χ3n) is 11.9. The molecule has 2 aromatic heterocycles. The molecule has 1 spiro atoms. The summed E-state index contributed by atoms with van der Waals surface area (Å²) in [5, 5.41) is 5.15. The highest BCUT2D eigenvalue weighted by atomic mass is 19.1. The minimum atomic E-state index is -1.38. The molecule has 4 N–H and O–H groups in total. The summed E-state index contributed by atoms with van der Waals surface area (Å²) in [6, 6.07) is 13.3. The zero-order valence-electron chi connectivity index (χ0n) is 34.2. The summed E-state index contributed by atoms with van der Waals surface area (Å²) < 4.78 is 37.8. The summed E-state index contributed by atoms with van der Waals surface area (Å²) in [5.41, 5.74) is 4.76. The molecule has 1 saturated carbocycles. The number of halogens is 2. The summed E-state index contributed by atoms with van der Waals surface area (Å²) >= 11 is 0. The van der Waals surface area contributed by atoms with E-state index in [1.165, 1.54) is 7.11 Å². The van der Waals surface area contributed by atoms with E-state index in [4.69, 9.17) is 14.5 Å². The van der Waals surface area contributed by atoms with Gasteiger partial charge in [0.25, 0.3) is 5.91 Å². The van der Waals surface area contributed by atoms with Crippen LogP contribution in [0.1, 0.15) is 92.4 Å². The summed E-state index contributed by atoms with van der Waals surface area (Å²) in [7, 11) is 2.42. The van der Waals surface area contributed by atoms with Gasteiger partial charge in [-0.05, 0) is 97.0 Å². The number of H-pyrrole nitrogens is 2. The Morgan fingerprint density at radius 1 is 0.836 bits per heavy atom. The van der Waals surface area contributed by atoms with Gasteiger partial charge in [-0.2, -0.15) is 0 Å². The van der Waals surface area contributed by atoms with Gasteiger partial charge in [-0.3, -0.25) is 9.59 Å². The molecule has 2 saturated heterocycles. The number of benzene rings is 3. The molecule has 61 heavy (non-hydrogen) atoms. The van der Waals surface area contributed by atoms with E-state index in [1.54, 1.807) is 11.1 Å². The molecule has 0 radical (unpaired) electrons. The average Bonchev–Trinajstić information content (AvgIpc) is 3.73. The fourth-order valence-corrected chi connectivity index (χ4v) is 8.43. The molecule has 4 heterocycles. The van der Waals surface area contributed by atoms with E-state index in [2.05, 4.69) is 37.4 Å². The van der Waals surface area contributed by atoms with E-state index in [1.807, 2.05) is 61.2 Å². The molecular weight excluding hydrogens is 787 g/mol. The third-order valence-corrected chi connectivity index (χ3v) is 11.9.